The summed E-state index contributed by atoms with van der Waals surface area (Å²) < 4.78 is 3.09. The molecule has 0 radical (unpaired) electrons. The van der Waals surface area contributed by atoms with Gasteiger partial charge in [-0.1, -0.05) is 28.1 Å². The van der Waals surface area contributed by atoms with Crippen LogP contribution in [-0.2, 0) is 13.0 Å². The van der Waals surface area contributed by atoms with Gasteiger partial charge in [0.05, 0.1) is 6.04 Å². The predicted molar refractivity (Wildman–Crippen MR) is 103 cm³/mol. The van der Waals surface area contributed by atoms with E-state index in [0.29, 0.717) is 18.3 Å². The Morgan fingerprint density at radius 1 is 1.32 bits per heavy atom. The Balaban J connectivity index is 0.00000182. The van der Waals surface area contributed by atoms with Gasteiger partial charge in [-0.05, 0) is 49.1 Å². The lowest BCUT2D eigenvalue weighted by Gasteiger charge is -2.29. The number of halogens is 2. The summed E-state index contributed by atoms with van der Waals surface area (Å²) in [4.78, 5) is 14.7. The number of benzene rings is 1. The molecule has 7 heteroatoms. The number of rotatable bonds is 2. The summed E-state index contributed by atoms with van der Waals surface area (Å²) in [7, 11) is 0. The van der Waals surface area contributed by atoms with Gasteiger partial charge < -0.3 is 10.2 Å². The quantitative estimate of drug-likeness (QED) is 0.804. The van der Waals surface area contributed by atoms with Crippen molar-refractivity contribution >= 4 is 34.2 Å². The van der Waals surface area contributed by atoms with Crippen molar-refractivity contribution < 1.29 is 4.79 Å². The average molecular weight is 426 g/mol. The van der Waals surface area contributed by atoms with Crippen molar-refractivity contribution in [1.29, 1.82) is 0 Å². The van der Waals surface area contributed by atoms with Gasteiger partial charge in [-0.15, -0.1) is 12.4 Å². The minimum absolute atomic E-state index is 0. The van der Waals surface area contributed by atoms with Gasteiger partial charge in [-0.2, -0.15) is 5.10 Å². The molecule has 0 bridgehead atoms. The largest absolute Gasteiger partial charge is 0.333 e. The number of carbonyl (C=O) groups is 1. The highest BCUT2D eigenvalue weighted by Crippen LogP contribution is 2.27. The van der Waals surface area contributed by atoms with Gasteiger partial charge in [0.25, 0.3) is 5.91 Å². The van der Waals surface area contributed by atoms with Crippen LogP contribution in [-0.4, -0.2) is 40.2 Å². The summed E-state index contributed by atoms with van der Waals surface area (Å²) >= 11 is 3.61. The normalized spacial score (nSPS) is 19.9. The molecule has 1 atom stereocenters. The Morgan fingerprint density at radius 2 is 2.20 bits per heavy atom. The first kappa shape index (κ1) is 18.4. The second-order valence-corrected chi connectivity index (χ2v) is 7.39. The van der Waals surface area contributed by atoms with E-state index in [0.717, 1.165) is 43.4 Å². The highest BCUT2D eigenvalue weighted by Gasteiger charge is 2.25. The highest BCUT2D eigenvalue weighted by atomic mass is 79.9. The van der Waals surface area contributed by atoms with Crippen molar-refractivity contribution in [1.82, 2.24) is 20.0 Å². The zero-order valence-corrected chi connectivity index (χ0v) is 16.4. The Morgan fingerprint density at radius 3 is 3.00 bits per heavy atom. The highest BCUT2D eigenvalue weighted by molar-refractivity contribution is 9.10. The van der Waals surface area contributed by atoms with Crippen LogP contribution in [0, 0.1) is 0 Å². The molecule has 1 saturated heterocycles. The standard InChI is InChI=1S/C18H21BrN4O.ClH/c19-16-5-1-3-13-12-22(9-6-15(13)16)18(24)17-7-10-23(21-17)14-4-2-8-20-11-14;/h1,3,5,7,10,14,20H,2,4,6,8-9,11-12H2;1H. The van der Waals surface area contributed by atoms with Crippen molar-refractivity contribution in [3.05, 3.63) is 51.8 Å². The smallest absolute Gasteiger partial charge is 0.274 e. The molecule has 1 unspecified atom stereocenters. The molecule has 1 aromatic carbocycles. The topological polar surface area (TPSA) is 50.2 Å². The lowest BCUT2D eigenvalue weighted by molar-refractivity contribution is 0.0727. The first-order valence-corrected chi connectivity index (χ1v) is 9.33. The van der Waals surface area contributed by atoms with Gasteiger partial charge in [-0.3, -0.25) is 9.48 Å². The summed E-state index contributed by atoms with van der Waals surface area (Å²) in [5.74, 6) is 0.0307. The number of nitrogens with one attached hydrogen (secondary N) is 1. The Kier molecular flexibility index (Phi) is 5.81. The van der Waals surface area contributed by atoms with Crippen LogP contribution in [0.5, 0.6) is 0 Å². The van der Waals surface area contributed by atoms with E-state index >= 15 is 0 Å². The molecule has 134 valence electrons. The number of fused-ring (bicyclic) bond motifs is 1. The van der Waals surface area contributed by atoms with E-state index in [9.17, 15) is 4.79 Å². The number of nitrogens with zero attached hydrogens (tertiary/aromatic N) is 3. The van der Waals surface area contributed by atoms with Gasteiger partial charge in [0.1, 0.15) is 5.69 Å². The van der Waals surface area contributed by atoms with Crippen LogP contribution in [0.3, 0.4) is 0 Å². The van der Waals surface area contributed by atoms with E-state index in [1.807, 2.05) is 27.9 Å². The summed E-state index contributed by atoms with van der Waals surface area (Å²) in [6.45, 7) is 3.41. The third kappa shape index (κ3) is 3.76. The number of hydrogen-bond donors (Lipinski definition) is 1. The van der Waals surface area contributed by atoms with Crippen LogP contribution >= 0.6 is 28.3 Å². The molecular weight excluding hydrogens is 404 g/mol. The minimum atomic E-state index is 0. The van der Waals surface area contributed by atoms with Gasteiger partial charge >= 0.3 is 0 Å². The van der Waals surface area contributed by atoms with E-state index in [1.54, 1.807) is 0 Å². The second-order valence-electron chi connectivity index (χ2n) is 6.54. The third-order valence-corrected chi connectivity index (χ3v) is 5.71. The van der Waals surface area contributed by atoms with Crippen molar-refractivity contribution in [3.8, 4) is 0 Å². The third-order valence-electron chi connectivity index (χ3n) is 4.97. The van der Waals surface area contributed by atoms with Crippen molar-refractivity contribution in [3.63, 3.8) is 0 Å². The van der Waals surface area contributed by atoms with Gasteiger partial charge in [0.2, 0.25) is 0 Å². The molecule has 1 amide bonds. The predicted octanol–water partition coefficient (Wildman–Crippen LogP) is 3.19. The fourth-order valence-electron chi connectivity index (χ4n) is 3.61. The van der Waals surface area contributed by atoms with E-state index in [4.69, 9.17) is 0 Å². The van der Waals surface area contributed by atoms with Crippen molar-refractivity contribution in [2.75, 3.05) is 19.6 Å². The molecular formula is C18H22BrClN4O. The summed E-state index contributed by atoms with van der Waals surface area (Å²) in [5.41, 5.74) is 3.10. The lowest BCUT2D eigenvalue weighted by Crippen LogP contribution is -2.36. The fourth-order valence-corrected chi connectivity index (χ4v) is 4.22. The van der Waals surface area contributed by atoms with Crippen molar-refractivity contribution in [2.45, 2.75) is 31.8 Å². The molecule has 2 aliphatic rings. The number of carbonyl (C=O) groups excluding carboxylic acids is 1. The van der Waals surface area contributed by atoms with E-state index in [1.165, 1.54) is 11.1 Å². The number of aromatic nitrogens is 2. The van der Waals surface area contributed by atoms with Crippen LogP contribution in [0.2, 0.25) is 0 Å². The molecule has 2 aliphatic heterocycles. The Hall–Kier alpha value is -1.37. The first-order chi connectivity index (χ1) is 11.7. The Labute approximate surface area is 162 Å². The second kappa shape index (κ2) is 7.89. The molecule has 2 aromatic rings. The van der Waals surface area contributed by atoms with Crippen molar-refractivity contribution in [2.24, 2.45) is 0 Å². The maximum absolute atomic E-state index is 12.8. The molecule has 0 aliphatic carbocycles. The van der Waals surface area contributed by atoms with Crippen LogP contribution in [0.15, 0.2) is 34.9 Å². The van der Waals surface area contributed by atoms with Crippen LogP contribution < -0.4 is 5.32 Å². The molecule has 0 saturated carbocycles. The molecule has 3 heterocycles. The SMILES string of the molecule is Cl.O=C(c1ccn(C2CCCNC2)n1)N1CCc2c(Br)cccc2C1. The summed E-state index contributed by atoms with van der Waals surface area (Å²) in [6.07, 6.45) is 5.11. The number of hydrogen-bond acceptors (Lipinski definition) is 3. The summed E-state index contributed by atoms with van der Waals surface area (Å²) in [6, 6.07) is 8.41. The van der Waals surface area contributed by atoms with Gasteiger partial charge in [0.15, 0.2) is 0 Å². The van der Waals surface area contributed by atoms with Gasteiger partial charge in [-0.25, -0.2) is 0 Å². The average Bonchev–Trinajstić information content (AvgIpc) is 3.12. The van der Waals surface area contributed by atoms with E-state index in [-0.39, 0.29) is 18.3 Å². The fraction of sp³-hybridized carbons (Fsp3) is 0.444. The number of piperidine rings is 1. The molecule has 5 nitrogen and oxygen atoms in total. The number of amides is 1. The van der Waals surface area contributed by atoms with Gasteiger partial charge in [0, 0.05) is 30.3 Å². The zero-order valence-electron chi connectivity index (χ0n) is 13.9. The van der Waals surface area contributed by atoms with Crippen LogP contribution in [0.25, 0.3) is 0 Å². The minimum Gasteiger partial charge on any atom is -0.333 e. The van der Waals surface area contributed by atoms with E-state index in [2.05, 4.69) is 38.5 Å². The molecule has 1 fully saturated rings. The zero-order chi connectivity index (χ0) is 16.5. The molecule has 0 spiro atoms. The van der Waals surface area contributed by atoms with Crippen LogP contribution in [0.4, 0.5) is 0 Å². The molecule has 25 heavy (non-hydrogen) atoms. The van der Waals surface area contributed by atoms with Crippen LogP contribution in [0.1, 0.15) is 40.5 Å². The monoisotopic (exact) mass is 424 g/mol. The molecule has 4 rings (SSSR count). The molecule has 1 aromatic heterocycles. The molecule has 1 N–H and O–H groups in total. The maximum atomic E-state index is 12.8. The Bertz CT molecular complexity index is 757. The lowest BCUT2D eigenvalue weighted by atomic mass is 10.00. The maximum Gasteiger partial charge on any atom is 0.274 e. The van der Waals surface area contributed by atoms with E-state index < -0.39 is 0 Å². The summed E-state index contributed by atoms with van der Waals surface area (Å²) in [5, 5.41) is 7.95. The first-order valence-electron chi connectivity index (χ1n) is 8.54.